The second-order valence-electron chi connectivity index (χ2n) is 8.34. The lowest BCUT2D eigenvalue weighted by atomic mass is 9.96. The topological polar surface area (TPSA) is 42.3 Å². The van der Waals surface area contributed by atoms with Gasteiger partial charge in [-0.25, -0.2) is 0 Å². The van der Waals surface area contributed by atoms with Crippen LogP contribution in [0.15, 0.2) is 83.5 Å². The number of methoxy groups -OCH3 is 1. The van der Waals surface area contributed by atoms with Gasteiger partial charge in [-0.3, -0.25) is 4.98 Å². The minimum Gasteiger partial charge on any atom is -0.497 e. The molecule has 0 spiro atoms. The van der Waals surface area contributed by atoms with Crippen LogP contribution in [0.1, 0.15) is 34.7 Å². The van der Waals surface area contributed by atoms with Crippen LogP contribution in [-0.4, -0.2) is 21.8 Å². The Labute approximate surface area is 213 Å². The van der Waals surface area contributed by atoms with Crippen LogP contribution in [0.5, 0.6) is 5.75 Å². The first-order chi connectivity index (χ1) is 16.5. The van der Waals surface area contributed by atoms with Crippen LogP contribution in [0.4, 0.5) is 5.69 Å². The third-order valence-electron chi connectivity index (χ3n) is 6.30. The Morgan fingerprint density at radius 3 is 2.44 bits per heavy atom. The molecule has 4 aromatic rings. The number of thiocarbonyl (C=S) groups is 1. The predicted octanol–water partition coefficient (Wildman–Crippen LogP) is 6.44. The van der Waals surface area contributed by atoms with Gasteiger partial charge in [-0.15, -0.1) is 0 Å². The zero-order chi connectivity index (χ0) is 23.8. The molecule has 5 nitrogen and oxygen atoms in total. The number of aryl methyl sites for hydroxylation is 1. The molecule has 0 saturated carbocycles. The van der Waals surface area contributed by atoms with Gasteiger partial charge >= 0.3 is 0 Å². The molecule has 34 heavy (non-hydrogen) atoms. The van der Waals surface area contributed by atoms with E-state index in [1.807, 2.05) is 48.7 Å². The summed E-state index contributed by atoms with van der Waals surface area (Å²) in [5.41, 5.74) is 6.63. The Morgan fingerprint density at radius 2 is 1.76 bits per heavy atom. The molecule has 7 heteroatoms. The van der Waals surface area contributed by atoms with E-state index < -0.39 is 0 Å². The number of hydrogen-bond acceptors (Lipinski definition) is 3. The summed E-state index contributed by atoms with van der Waals surface area (Å²) in [7, 11) is 1.67. The number of pyridine rings is 1. The zero-order valence-electron chi connectivity index (χ0n) is 19.2. The monoisotopic (exact) mass is 532 g/mol. The smallest absolute Gasteiger partial charge is 0.174 e. The Bertz CT molecular complexity index is 1340. The highest BCUT2D eigenvalue weighted by Gasteiger charge is 2.42. The van der Waals surface area contributed by atoms with Crippen molar-refractivity contribution in [3.63, 3.8) is 0 Å². The number of rotatable bonds is 5. The van der Waals surface area contributed by atoms with Crippen LogP contribution < -0.4 is 15.0 Å². The van der Waals surface area contributed by atoms with Gasteiger partial charge < -0.3 is 19.5 Å². The van der Waals surface area contributed by atoms with E-state index in [0.29, 0.717) is 5.11 Å². The molecule has 1 aliphatic heterocycles. The Hall–Kier alpha value is -3.16. The highest BCUT2D eigenvalue weighted by molar-refractivity contribution is 9.10. The number of anilines is 1. The molecule has 0 unspecified atom stereocenters. The van der Waals surface area contributed by atoms with Gasteiger partial charge in [0.05, 0.1) is 24.9 Å². The van der Waals surface area contributed by atoms with Crippen LogP contribution in [0.2, 0.25) is 0 Å². The molecule has 3 heterocycles. The number of nitrogens with zero attached hydrogens (tertiary/aromatic N) is 3. The number of nitrogens with one attached hydrogen (secondary N) is 1. The molecule has 0 bridgehead atoms. The Balaban J connectivity index is 1.67. The van der Waals surface area contributed by atoms with Crippen molar-refractivity contribution in [1.82, 2.24) is 14.9 Å². The third-order valence-corrected chi connectivity index (χ3v) is 7.11. The molecule has 0 amide bonds. The second kappa shape index (κ2) is 9.24. The summed E-state index contributed by atoms with van der Waals surface area (Å²) < 4.78 is 8.72. The van der Waals surface area contributed by atoms with Crippen LogP contribution in [0, 0.1) is 13.8 Å². The van der Waals surface area contributed by atoms with Gasteiger partial charge in [-0.1, -0.05) is 28.1 Å². The summed E-state index contributed by atoms with van der Waals surface area (Å²) in [6.45, 7) is 4.32. The highest BCUT2D eigenvalue weighted by atomic mass is 79.9. The van der Waals surface area contributed by atoms with Gasteiger partial charge in [0.15, 0.2) is 5.11 Å². The summed E-state index contributed by atoms with van der Waals surface area (Å²) in [6, 6.07) is 24.5. The minimum atomic E-state index is -0.0905. The molecule has 5 rings (SSSR count). The van der Waals surface area contributed by atoms with Crippen LogP contribution in [-0.2, 0) is 0 Å². The first-order valence-corrected chi connectivity index (χ1v) is 12.3. The normalized spacial score (nSPS) is 17.6. The molecule has 172 valence electrons. The highest BCUT2D eigenvalue weighted by Crippen LogP contribution is 2.44. The van der Waals surface area contributed by atoms with Crippen LogP contribution >= 0.6 is 28.1 Å². The van der Waals surface area contributed by atoms with E-state index in [2.05, 4.69) is 79.9 Å². The quantitative estimate of drug-likeness (QED) is 0.299. The van der Waals surface area contributed by atoms with Gasteiger partial charge in [0.2, 0.25) is 0 Å². The van der Waals surface area contributed by atoms with Crippen molar-refractivity contribution in [3.05, 3.63) is 106 Å². The molecule has 2 aromatic heterocycles. The molecule has 0 radical (unpaired) electrons. The van der Waals surface area contributed by atoms with E-state index in [4.69, 9.17) is 17.0 Å². The maximum atomic E-state index is 5.87. The van der Waals surface area contributed by atoms with E-state index in [9.17, 15) is 0 Å². The number of ether oxygens (including phenoxy) is 1. The van der Waals surface area contributed by atoms with Crippen molar-refractivity contribution in [2.75, 3.05) is 12.0 Å². The number of aromatic nitrogens is 2. The van der Waals surface area contributed by atoms with E-state index >= 15 is 0 Å². The zero-order valence-corrected chi connectivity index (χ0v) is 21.6. The molecule has 1 saturated heterocycles. The summed E-state index contributed by atoms with van der Waals surface area (Å²) in [5.74, 6) is 0.812. The Morgan fingerprint density at radius 1 is 0.971 bits per heavy atom. The third kappa shape index (κ3) is 3.99. The molecule has 2 atom stereocenters. The predicted molar refractivity (Wildman–Crippen MR) is 144 cm³/mol. The average molecular weight is 533 g/mol. The van der Waals surface area contributed by atoms with Crippen molar-refractivity contribution < 1.29 is 4.74 Å². The molecule has 1 aliphatic rings. The molecule has 0 aliphatic carbocycles. The lowest BCUT2D eigenvalue weighted by molar-refractivity contribution is 0.415. The van der Waals surface area contributed by atoms with Gasteiger partial charge in [0, 0.05) is 33.4 Å². The lowest BCUT2D eigenvalue weighted by Crippen LogP contribution is -2.29. The summed E-state index contributed by atoms with van der Waals surface area (Å²) in [4.78, 5) is 6.87. The maximum absolute atomic E-state index is 5.87. The van der Waals surface area contributed by atoms with Crippen LogP contribution in [0.3, 0.4) is 0 Å². The van der Waals surface area contributed by atoms with E-state index in [-0.39, 0.29) is 12.1 Å². The first kappa shape index (κ1) is 22.6. The van der Waals surface area contributed by atoms with Crippen molar-refractivity contribution in [3.8, 4) is 11.4 Å². The number of halogens is 1. The van der Waals surface area contributed by atoms with E-state index in [1.54, 1.807) is 7.11 Å². The van der Waals surface area contributed by atoms with Crippen LogP contribution in [0.25, 0.3) is 5.69 Å². The number of hydrogen-bond donors (Lipinski definition) is 1. The number of benzene rings is 2. The van der Waals surface area contributed by atoms with E-state index in [1.165, 1.54) is 11.3 Å². The summed E-state index contributed by atoms with van der Waals surface area (Å²) in [6.07, 6.45) is 1.83. The summed E-state index contributed by atoms with van der Waals surface area (Å²) >= 11 is 9.49. The molecule has 2 aromatic carbocycles. The summed E-state index contributed by atoms with van der Waals surface area (Å²) in [5, 5.41) is 4.23. The van der Waals surface area contributed by atoms with Gasteiger partial charge in [0.25, 0.3) is 0 Å². The SMILES string of the molecule is COc1ccc(N2C(=S)N[C@@H](c3ccccn3)[C@@H]2c2cc(C)n(-c3cccc(Br)c3)c2C)cc1. The van der Waals surface area contributed by atoms with Gasteiger partial charge in [-0.05, 0) is 92.3 Å². The molecule has 1 N–H and O–H groups in total. The largest absolute Gasteiger partial charge is 0.497 e. The van der Waals surface area contributed by atoms with Crippen molar-refractivity contribution >= 4 is 38.9 Å². The maximum Gasteiger partial charge on any atom is 0.174 e. The fourth-order valence-electron chi connectivity index (χ4n) is 4.79. The standard InChI is InChI=1S/C27H25BrN4OS/c1-17-15-23(18(2)31(17)21-8-6-7-19(28)16-21)26-25(24-9-4-5-14-29-24)30-27(34)32(26)20-10-12-22(33-3)13-11-20/h4-16,25-26H,1-3H3,(H,30,34)/t25-,26-/m0/s1. The molecular weight excluding hydrogens is 508 g/mol. The first-order valence-electron chi connectivity index (χ1n) is 11.1. The van der Waals surface area contributed by atoms with Gasteiger partial charge in [-0.2, -0.15) is 0 Å². The fraction of sp³-hybridized carbons (Fsp3) is 0.185. The lowest BCUT2D eigenvalue weighted by Gasteiger charge is -2.28. The fourth-order valence-corrected chi connectivity index (χ4v) is 5.52. The van der Waals surface area contributed by atoms with Crippen molar-refractivity contribution in [2.24, 2.45) is 0 Å². The average Bonchev–Trinajstić information content (AvgIpc) is 3.34. The molecule has 1 fully saturated rings. The van der Waals surface area contributed by atoms with Crippen molar-refractivity contribution in [2.45, 2.75) is 25.9 Å². The van der Waals surface area contributed by atoms with Crippen molar-refractivity contribution in [1.29, 1.82) is 0 Å². The van der Waals surface area contributed by atoms with E-state index in [0.717, 1.165) is 33.0 Å². The second-order valence-corrected chi connectivity index (χ2v) is 9.64. The minimum absolute atomic E-state index is 0.0668. The Kier molecular flexibility index (Phi) is 6.15. The molecular formula is C27H25BrN4OS. The van der Waals surface area contributed by atoms with Gasteiger partial charge in [0.1, 0.15) is 5.75 Å².